The summed E-state index contributed by atoms with van der Waals surface area (Å²) in [5.74, 6) is 0.619. The molecule has 2 aliphatic rings. The number of likely N-dealkylation sites (tertiary alicyclic amines) is 1. The molecule has 2 amide bonds. The van der Waals surface area contributed by atoms with Gasteiger partial charge in [0.05, 0.1) is 18.4 Å². The van der Waals surface area contributed by atoms with Gasteiger partial charge in [-0.25, -0.2) is 0 Å². The van der Waals surface area contributed by atoms with Gasteiger partial charge in [-0.2, -0.15) is 0 Å². The van der Waals surface area contributed by atoms with Crippen molar-refractivity contribution in [3.8, 4) is 5.75 Å². The Hall–Kier alpha value is -2.08. The number of carbonyl (C=O) groups excluding carboxylic acids is 2. The van der Waals surface area contributed by atoms with Crippen molar-refractivity contribution < 1.29 is 14.3 Å². The van der Waals surface area contributed by atoms with Gasteiger partial charge >= 0.3 is 0 Å². The van der Waals surface area contributed by atoms with Gasteiger partial charge in [-0.3, -0.25) is 9.59 Å². The van der Waals surface area contributed by atoms with Crippen LogP contribution in [0.15, 0.2) is 24.3 Å². The Morgan fingerprint density at radius 3 is 2.96 bits per heavy atom. The molecule has 6 heteroatoms. The van der Waals surface area contributed by atoms with Gasteiger partial charge in [0.25, 0.3) is 0 Å². The van der Waals surface area contributed by atoms with E-state index in [0.29, 0.717) is 32.7 Å². The molecule has 130 valence electrons. The summed E-state index contributed by atoms with van der Waals surface area (Å²) in [4.78, 5) is 27.0. The number of fused-ring (bicyclic) bond motifs is 1. The minimum absolute atomic E-state index is 0.00493. The highest BCUT2D eigenvalue weighted by Gasteiger charge is 2.34. The number of carbonyl (C=O) groups is 2. The van der Waals surface area contributed by atoms with Crippen molar-refractivity contribution in [1.29, 1.82) is 0 Å². The van der Waals surface area contributed by atoms with E-state index in [0.717, 1.165) is 30.7 Å². The van der Waals surface area contributed by atoms with Gasteiger partial charge in [0.15, 0.2) is 0 Å². The molecular weight excluding hydrogens is 306 g/mol. The first-order valence-electron chi connectivity index (χ1n) is 8.69. The average molecular weight is 331 g/mol. The fraction of sp³-hybridized carbons (Fsp3) is 0.556. The van der Waals surface area contributed by atoms with Crippen LogP contribution < -0.4 is 15.8 Å². The molecule has 1 aromatic carbocycles. The first-order valence-corrected chi connectivity index (χ1v) is 8.69. The number of piperidine rings is 1. The molecule has 1 aromatic rings. The van der Waals surface area contributed by atoms with E-state index in [1.165, 1.54) is 0 Å². The molecule has 0 aromatic heterocycles. The van der Waals surface area contributed by atoms with E-state index in [4.69, 9.17) is 10.5 Å². The van der Waals surface area contributed by atoms with Crippen molar-refractivity contribution in [3.63, 3.8) is 0 Å². The van der Waals surface area contributed by atoms with Gasteiger partial charge in [-0.05, 0) is 25.3 Å². The summed E-state index contributed by atoms with van der Waals surface area (Å²) in [5, 5.41) is 2.83. The molecule has 2 unspecified atom stereocenters. The summed E-state index contributed by atoms with van der Waals surface area (Å²) < 4.78 is 5.65. The second kappa shape index (κ2) is 7.66. The summed E-state index contributed by atoms with van der Waals surface area (Å²) >= 11 is 0. The summed E-state index contributed by atoms with van der Waals surface area (Å²) in [7, 11) is 0. The Bertz CT molecular complexity index is 605. The predicted octanol–water partition coefficient (Wildman–Crippen LogP) is 0.866. The van der Waals surface area contributed by atoms with E-state index >= 15 is 0 Å². The predicted molar refractivity (Wildman–Crippen MR) is 90.7 cm³/mol. The number of ether oxygens (including phenoxy) is 1. The highest BCUT2D eigenvalue weighted by molar-refractivity contribution is 5.86. The Morgan fingerprint density at radius 2 is 2.12 bits per heavy atom. The van der Waals surface area contributed by atoms with Gasteiger partial charge in [0.2, 0.25) is 11.8 Å². The van der Waals surface area contributed by atoms with Gasteiger partial charge in [-0.15, -0.1) is 0 Å². The monoisotopic (exact) mass is 331 g/mol. The molecule has 3 rings (SSSR count). The lowest BCUT2D eigenvalue weighted by Gasteiger charge is -2.36. The molecule has 0 aliphatic carbocycles. The number of nitrogens with zero attached hydrogens (tertiary/aromatic N) is 1. The van der Waals surface area contributed by atoms with Crippen LogP contribution in [0.5, 0.6) is 5.75 Å². The number of rotatable bonds is 4. The van der Waals surface area contributed by atoms with Crippen molar-refractivity contribution in [1.82, 2.24) is 10.2 Å². The largest absolute Gasteiger partial charge is 0.493 e. The molecule has 3 N–H and O–H groups in total. The zero-order chi connectivity index (χ0) is 16.9. The maximum absolute atomic E-state index is 13.0. The second-order valence-electron chi connectivity index (χ2n) is 6.43. The van der Waals surface area contributed by atoms with E-state index in [1.807, 2.05) is 29.2 Å². The van der Waals surface area contributed by atoms with Crippen LogP contribution in [0.3, 0.4) is 0 Å². The normalized spacial score (nSPS) is 23.1. The van der Waals surface area contributed by atoms with Crippen molar-refractivity contribution in [3.05, 3.63) is 29.8 Å². The number of nitrogens with two attached hydrogens (primary N) is 1. The first-order chi connectivity index (χ1) is 11.7. The summed E-state index contributed by atoms with van der Waals surface area (Å²) in [6, 6.07) is 7.73. The molecule has 0 spiro atoms. The zero-order valence-corrected chi connectivity index (χ0v) is 13.9. The maximum Gasteiger partial charge on any atom is 0.230 e. The van der Waals surface area contributed by atoms with Crippen LogP contribution in [0, 0.1) is 5.92 Å². The van der Waals surface area contributed by atoms with E-state index in [9.17, 15) is 9.59 Å². The fourth-order valence-electron chi connectivity index (χ4n) is 3.55. The summed E-state index contributed by atoms with van der Waals surface area (Å²) in [5.41, 5.74) is 6.40. The zero-order valence-electron chi connectivity index (χ0n) is 13.9. The third-order valence-corrected chi connectivity index (χ3v) is 4.80. The SMILES string of the molecule is NCCNC(=O)C1CCCN(C(=O)C2CCOc3ccccc32)C1. The molecular formula is C18H25N3O3. The Balaban J connectivity index is 1.68. The highest BCUT2D eigenvalue weighted by Crippen LogP contribution is 2.35. The minimum atomic E-state index is -0.166. The van der Waals surface area contributed by atoms with Crippen LogP contribution in [0.4, 0.5) is 0 Å². The van der Waals surface area contributed by atoms with Gasteiger partial charge in [0.1, 0.15) is 5.75 Å². The summed E-state index contributed by atoms with van der Waals surface area (Å²) in [6.07, 6.45) is 2.37. The maximum atomic E-state index is 13.0. The lowest BCUT2D eigenvalue weighted by molar-refractivity contribution is -0.137. The van der Waals surface area contributed by atoms with Crippen LogP contribution in [0.2, 0.25) is 0 Å². The quantitative estimate of drug-likeness (QED) is 0.857. The van der Waals surface area contributed by atoms with Crippen molar-refractivity contribution in [2.24, 2.45) is 11.7 Å². The Kier molecular flexibility index (Phi) is 5.35. The number of hydrogen-bond donors (Lipinski definition) is 2. The summed E-state index contributed by atoms with van der Waals surface area (Å²) in [6.45, 7) is 2.69. The number of hydrogen-bond acceptors (Lipinski definition) is 4. The fourth-order valence-corrected chi connectivity index (χ4v) is 3.55. The molecule has 2 aliphatic heterocycles. The standard InChI is InChI=1S/C18H25N3O3/c19-8-9-20-17(22)13-4-3-10-21(12-13)18(23)15-7-11-24-16-6-2-1-5-14(15)16/h1-2,5-6,13,15H,3-4,7-12,19H2,(H,20,22). The second-order valence-corrected chi connectivity index (χ2v) is 6.43. The molecule has 0 radical (unpaired) electrons. The lowest BCUT2D eigenvalue weighted by Crippen LogP contribution is -2.47. The van der Waals surface area contributed by atoms with Crippen molar-refractivity contribution in [2.45, 2.75) is 25.2 Å². The molecule has 1 saturated heterocycles. The minimum Gasteiger partial charge on any atom is -0.493 e. The van der Waals surface area contributed by atoms with Gasteiger partial charge in [-0.1, -0.05) is 18.2 Å². The van der Waals surface area contributed by atoms with Gasteiger partial charge in [0, 0.05) is 31.7 Å². The van der Waals surface area contributed by atoms with E-state index in [1.54, 1.807) is 0 Å². The van der Waals surface area contributed by atoms with Crippen LogP contribution >= 0.6 is 0 Å². The van der Waals surface area contributed by atoms with Crippen LogP contribution in [-0.4, -0.2) is 49.5 Å². The average Bonchev–Trinajstić information content (AvgIpc) is 2.65. The number of para-hydroxylation sites is 1. The molecule has 6 nitrogen and oxygen atoms in total. The topological polar surface area (TPSA) is 84.7 Å². The van der Waals surface area contributed by atoms with Crippen molar-refractivity contribution >= 4 is 11.8 Å². The van der Waals surface area contributed by atoms with E-state index in [2.05, 4.69) is 5.32 Å². The molecule has 2 atom stereocenters. The van der Waals surface area contributed by atoms with Crippen LogP contribution in [-0.2, 0) is 9.59 Å². The Labute approximate surface area is 142 Å². The highest BCUT2D eigenvalue weighted by atomic mass is 16.5. The third kappa shape index (κ3) is 3.53. The number of benzene rings is 1. The van der Waals surface area contributed by atoms with Crippen LogP contribution in [0.1, 0.15) is 30.7 Å². The van der Waals surface area contributed by atoms with Crippen molar-refractivity contribution in [2.75, 3.05) is 32.8 Å². The molecule has 2 heterocycles. The molecule has 0 saturated carbocycles. The smallest absolute Gasteiger partial charge is 0.230 e. The van der Waals surface area contributed by atoms with E-state index < -0.39 is 0 Å². The van der Waals surface area contributed by atoms with Gasteiger partial charge < -0.3 is 20.7 Å². The number of amides is 2. The molecule has 0 bridgehead atoms. The Morgan fingerprint density at radius 1 is 1.29 bits per heavy atom. The third-order valence-electron chi connectivity index (χ3n) is 4.80. The lowest BCUT2D eigenvalue weighted by atomic mass is 9.89. The van der Waals surface area contributed by atoms with E-state index in [-0.39, 0.29) is 23.7 Å². The molecule has 1 fully saturated rings. The first kappa shape index (κ1) is 16.8. The molecule has 24 heavy (non-hydrogen) atoms. The van der Waals surface area contributed by atoms with Crippen LogP contribution in [0.25, 0.3) is 0 Å². The number of nitrogens with one attached hydrogen (secondary N) is 1.